The Balaban J connectivity index is 2.42. The molecular weight excluding hydrogens is 253 g/mol. The molecule has 1 aromatic heterocycles. The predicted molar refractivity (Wildman–Crippen MR) is 70.9 cm³/mol. The summed E-state index contributed by atoms with van der Waals surface area (Å²) in [5.74, 6) is 0.479. The molecule has 0 aliphatic rings. The fraction of sp³-hybridized carbons (Fsp3) is 0.231. The van der Waals surface area contributed by atoms with Crippen LogP contribution >= 0.6 is 11.6 Å². The molecule has 0 atom stereocenters. The summed E-state index contributed by atoms with van der Waals surface area (Å²) in [4.78, 5) is 10.1. The maximum absolute atomic E-state index is 12.9. The third-order valence-corrected chi connectivity index (χ3v) is 3.08. The van der Waals surface area contributed by atoms with Crippen LogP contribution in [0.25, 0.3) is 0 Å². The predicted octanol–water partition coefficient (Wildman–Crippen LogP) is 3.60. The number of hydrogen-bond acceptors (Lipinski definition) is 3. The van der Waals surface area contributed by atoms with Gasteiger partial charge in [0.15, 0.2) is 0 Å². The standard InChI is InChI=1S/C13H13ClFN3/c1-3-11-12(14)16-8-17-13(11)18(2)10-6-4-9(15)5-7-10/h4-8H,3H2,1-2H3. The lowest BCUT2D eigenvalue weighted by Gasteiger charge is -2.21. The van der Waals surface area contributed by atoms with E-state index in [9.17, 15) is 4.39 Å². The molecule has 1 heterocycles. The van der Waals surface area contributed by atoms with E-state index in [0.717, 1.165) is 23.5 Å². The largest absolute Gasteiger partial charge is 0.329 e. The van der Waals surface area contributed by atoms with Crippen molar-refractivity contribution in [3.63, 3.8) is 0 Å². The van der Waals surface area contributed by atoms with Gasteiger partial charge < -0.3 is 4.90 Å². The van der Waals surface area contributed by atoms with E-state index < -0.39 is 0 Å². The molecule has 0 aliphatic heterocycles. The molecule has 18 heavy (non-hydrogen) atoms. The van der Waals surface area contributed by atoms with E-state index >= 15 is 0 Å². The van der Waals surface area contributed by atoms with Crippen LogP contribution < -0.4 is 4.90 Å². The second-order valence-electron chi connectivity index (χ2n) is 3.86. The molecule has 0 bridgehead atoms. The molecule has 0 aliphatic carbocycles. The van der Waals surface area contributed by atoms with Gasteiger partial charge in [-0.05, 0) is 30.7 Å². The van der Waals surface area contributed by atoms with E-state index in [1.165, 1.54) is 18.5 Å². The van der Waals surface area contributed by atoms with Crippen molar-refractivity contribution in [2.75, 3.05) is 11.9 Å². The number of anilines is 2. The van der Waals surface area contributed by atoms with Crippen molar-refractivity contribution in [3.05, 3.63) is 47.1 Å². The molecule has 3 nitrogen and oxygen atoms in total. The molecule has 2 aromatic rings. The van der Waals surface area contributed by atoms with E-state index in [2.05, 4.69) is 9.97 Å². The summed E-state index contributed by atoms with van der Waals surface area (Å²) in [6, 6.07) is 6.23. The first kappa shape index (κ1) is 12.8. The Hall–Kier alpha value is -1.68. The van der Waals surface area contributed by atoms with Crippen molar-refractivity contribution in [2.45, 2.75) is 13.3 Å². The second kappa shape index (κ2) is 5.31. The SMILES string of the molecule is CCc1c(Cl)ncnc1N(C)c1ccc(F)cc1. The van der Waals surface area contributed by atoms with Gasteiger partial charge in [-0.3, -0.25) is 0 Å². The number of hydrogen-bond donors (Lipinski definition) is 0. The summed E-state index contributed by atoms with van der Waals surface area (Å²) in [5, 5.41) is 0.455. The average Bonchev–Trinajstić information content (AvgIpc) is 2.38. The van der Waals surface area contributed by atoms with Crippen LogP contribution in [0, 0.1) is 5.82 Å². The molecule has 1 aromatic carbocycles. The topological polar surface area (TPSA) is 29.0 Å². The summed E-state index contributed by atoms with van der Waals surface area (Å²) in [6.07, 6.45) is 2.16. The lowest BCUT2D eigenvalue weighted by Crippen LogP contribution is -2.14. The fourth-order valence-corrected chi connectivity index (χ4v) is 2.02. The molecule has 0 unspecified atom stereocenters. The van der Waals surface area contributed by atoms with Crippen molar-refractivity contribution >= 4 is 23.1 Å². The Bertz CT molecular complexity index is 542. The quantitative estimate of drug-likeness (QED) is 0.794. The Labute approximate surface area is 110 Å². The maximum atomic E-state index is 12.9. The normalized spacial score (nSPS) is 10.4. The Kier molecular flexibility index (Phi) is 3.77. The van der Waals surface area contributed by atoms with Crippen molar-refractivity contribution < 1.29 is 4.39 Å². The number of rotatable bonds is 3. The first-order chi connectivity index (χ1) is 8.63. The fourth-order valence-electron chi connectivity index (χ4n) is 1.76. The first-order valence-electron chi connectivity index (χ1n) is 5.62. The molecule has 0 saturated heterocycles. The lowest BCUT2D eigenvalue weighted by molar-refractivity contribution is 0.628. The van der Waals surface area contributed by atoms with Gasteiger partial charge in [0.05, 0.1) is 0 Å². The van der Waals surface area contributed by atoms with Crippen LogP contribution in [0.1, 0.15) is 12.5 Å². The van der Waals surface area contributed by atoms with Crippen molar-refractivity contribution in [1.29, 1.82) is 0 Å². The number of nitrogens with zero attached hydrogens (tertiary/aromatic N) is 3. The molecule has 2 rings (SSSR count). The van der Waals surface area contributed by atoms with Gasteiger partial charge in [0.1, 0.15) is 23.1 Å². The maximum Gasteiger partial charge on any atom is 0.140 e. The van der Waals surface area contributed by atoms with Crippen molar-refractivity contribution in [3.8, 4) is 0 Å². The minimum atomic E-state index is -0.261. The zero-order valence-corrected chi connectivity index (χ0v) is 10.9. The molecule has 0 spiro atoms. The molecule has 0 radical (unpaired) electrons. The summed E-state index contributed by atoms with van der Waals surface area (Å²) in [5.41, 5.74) is 1.73. The molecule has 0 amide bonds. The Morgan fingerprint density at radius 2 is 1.89 bits per heavy atom. The summed E-state index contributed by atoms with van der Waals surface area (Å²) >= 11 is 6.05. The highest BCUT2D eigenvalue weighted by Crippen LogP contribution is 2.28. The molecule has 94 valence electrons. The van der Waals surface area contributed by atoms with Crippen LogP contribution in [0.5, 0.6) is 0 Å². The number of halogens is 2. The zero-order valence-electron chi connectivity index (χ0n) is 10.2. The molecule has 0 saturated carbocycles. The first-order valence-corrected chi connectivity index (χ1v) is 6.00. The van der Waals surface area contributed by atoms with Crippen LogP contribution in [0.2, 0.25) is 5.15 Å². The van der Waals surface area contributed by atoms with E-state index in [1.807, 2.05) is 18.9 Å². The molecule has 0 N–H and O–H groups in total. The number of benzene rings is 1. The zero-order chi connectivity index (χ0) is 13.1. The van der Waals surface area contributed by atoms with Crippen LogP contribution in [0.3, 0.4) is 0 Å². The lowest BCUT2D eigenvalue weighted by atomic mass is 10.2. The van der Waals surface area contributed by atoms with Gasteiger partial charge in [-0.1, -0.05) is 18.5 Å². The Morgan fingerprint density at radius 3 is 2.50 bits per heavy atom. The number of aromatic nitrogens is 2. The van der Waals surface area contributed by atoms with E-state index in [0.29, 0.717) is 5.15 Å². The second-order valence-corrected chi connectivity index (χ2v) is 4.21. The van der Waals surface area contributed by atoms with Crippen LogP contribution in [-0.4, -0.2) is 17.0 Å². The summed E-state index contributed by atoms with van der Waals surface area (Å²) in [7, 11) is 1.87. The summed E-state index contributed by atoms with van der Waals surface area (Å²) < 4.78 is 12.9. The molecular formula is C13H13ClFN3. The molecule has 5 heteroatoms. The molecule has 0 fully saturated rings. The smallest absolute Gasteiger partial charge is 0.140 e. The monoisotopic (exact) mass is 265 g/mol. The minimum Gasteiger partial charge on any atom is -0.329 e. The highest BCUT2D eigenvalue weighted by molar-refractivity contribution is 6.30. The highest BCUT2D eigenvalue weighted by Gasteiger charge is 2.13. The van der Waals surface area contributed by atoms with Gasteiger partial charge in [0.25, 0.3) is 0 Å². The van der Waals surface area contributed by atoms with Gasteiger partial charge in [0, 0.05) is 18.3 Å². The van der Waals surface area contributed by atoms with Crippen LogP contribution in [0.4, 0.5) is 15.9 Å². The van der Waals surface area contributed by atoms with E-state index in [1.54, 1.807) is 12.1 Å². The third-order valence-electron chi connectivity index (χ3n) is 2.76. The summed E-state index contributed by atoms with van der Waals surface area (Å²) in [6.45, 7) is 1.99. The van der Waals surface area contributed by atoms with Crippen molar-refractivity contribution in [1.82, 2.24) is 9.97 Å². The van der Waals surface area contributed by atoms with Gasteiger partial charge >= 0.3 is 0 Å². The third kappa shape index (κ3) is 2.43. The van der Waals surface area contributed by atoms with Gasteiger partial charge in [-0.2, -0.15) is 0 Å². The van der Waals surface area contributed by atoms with Gasteiger partial charge in [-0.25, -0.2) is 14.4 Å². The van der Waals surface area contributed by atoms with Crippen LogP contribution in [0.15, 0.2) is 30.6 Å². The highest BCUT2D eigenvalue weighted by atomic mass is 35.5. The minimum absolute atomic E-state index is 0.261. The average molecular weight is 266 g/mol. The Morgan fingerprint density at radius 1 is 1.22 bits per heavy atom. The van der Waals surface area contributed by atoms with Gasteiger partial charge in [0.2, 0.25) is 0 Å². The van der Waals surface area contributed by atoms with E-state index in [-0.39, 0.29) is 5.82 Å². The van der Waals surface area contributed by atoms with E-state index in [4.69, 9.17) is 11.6 Å². The van der Waals surface area contributed by atoms with Crippen molar-refractivity contribution in [2.24, 2.45) is 0 Å². The van der Waals surface area contributed by atoms with Gasteiger partial charge in [-0.15, -0.1) is 0 Å². The van der Waals surface area contributed by atoms with Crippen LogP contribution in [-0.2, 0) is 6.42 Å².